The molecule has 26 heavy (non-hydrogen) atoms. The van der Waals surface area contributed by atoms with E-state index in [9.17, 15) is 9.59 Å². The third kappa shape index (κ3) is 4.59. The van der Waals surface area contributed by atoms with Gasteiger partial charge in [-0.3, -0.25) is 14.6 Å². The Morgan fingerprint density at radius 3 is 2.65 bits per heavy atom. The van der Waals surface area contributed by atoms with E-state index in [1.54, 1.807) is 24.5 Å². The number of rotatable bonds is 5. The summed E-state index contributed by atoms with van der Waals surface area (Å²) in [6, 6.07) is 9.23. The van der Waals surface area contributed by atoms with Crippen LogP contribution in [0.25, 0.3) is 0 Å². The van der Waals surface area contributed by atoms with E-state index in [0.29, 0.717) is 17.8 Å². The Kier molecular flexibility index (Phi) is 5.84. The number of hydrogen-bond donors (Lipinski definition) is 2. The Labute approximate surface area is 153 Å². The highest BCUT2D eigenvalue weighted by Gasteiger charge is 2.19. The molecule has 0 radical (unpaired) electrons. The summed E-state index contributed by atoms with van der Waals surface area (Å²) in [4.78, 5) is 30.4. The molecule has 2 amide bonds. The molecule has 136 valence electrons. The first-order valence-electron chi connectivity index (χ1n) is 8.97. The van der Waals surface area contributed by atoms with Crippen LogP contribution in [0.2, 0.25) is 0 Å². The van der Waals surface area contributed by atoms with Crippen LogP contribution in [-0.4, -0.2) is 29.9 Å². The van der Waals surface area contributed by atoms with Gasteiger partial charge in [0.25, 0.3) is 5.91 Å². The Morgan fingerprint density at radius 1 is 1.15 bits per heavy atom. The third-order valence-corrected chi connectivity index (χ3v) is 4.44. The Bertz CT molecular complexity index is 771. The third-order valence-electron chi connectivity index (χ3n) is 4.44. The molecule has 2 aromatic rings. The molecule has 6 nitrogen and oxygen atoms in total. The number of aromatic nitrogens is 1. The lowest BCUT2D eigenvalue weighted by atomic mass is 10.1. The van der Waals surface area contributed by atoms with Crippen molar-refractivity contribution in [2.75, 3.05) is 23.3 Å². The highest BCUT2D eigenvalue weighted by molar-refractivity contribution is 6.01. The van der Waals surface area contributed by atoms with Gasteiger partial charge in [-0.05, 0) is 49.1 Å². The first-order valence-corrected chi connectivity index (χ1v) is 8.97. The summed E-state index contributed by atoms with van der Waals surface area (Å²) in [7, 11) is 0. The lowest BCUT2D eigenvalue weighted by Gasteiger charge is -2.30. The van der Waals surface area contributed by atoms with Crippen molar-refractivity contribution in [3.05, 3.63) is 53.9 Å². The molecular weight excluding hydrogens is 328 g/mol. The van der Waals surface area contributed by atoms with E-state index in [1.165, 1.54) is 13.3 Å². The molecule has 0 unspecified atom stereocenters. The topological polar surface area (TPSA) is 74.3 Å². The maximum atomic E-state index is 12.8. The van der Waals surface area contributed by atoms with Crippen molar-refractivity contribution in [3.63, 3.8) is 0 Å². The van der Waals surface area contributed by atoms with Crippen molar-refractivity contribution in [2.24, 2.45) is 0 Å². The number of carbonyl (C=O) groups excluding carboxylic acids is 2. The van der Waals surface area contributed by atoms with Crippen LogP contribution in [-0.2, 0) is 11.3 Å². The van der Waals surface area contributed by atoms with Gasteiger partial charge in [0.05, 0.1) is 11.3 Å². The zero-order chi connectivity index (χ0) is 18.4. The van der Waals surface area contributed by atoms with Crippen LogP contribution in [0.1, 0.15) is 42.1 Å². The first kappa shape index (κ1) is 17.9. The van der Waals surface area contributed by atoms with Gasteiger partial charge in [0.15, 0.2) is 0 Å². The summed E-state index contributed by atoms with van der Waals surface area (Å²) < 4.78 is 0. The number of amides is 2. The van der Waals surface area contributed by atoms with Crippen LogP contribution in [0.15, 0.2) is 42.7 Å². The quantitative estimate of drug-likeness (QED) is 0.868. The largest absolute Gasteiger partial charge is 0.371 e. The highest BCUT2D eigenvalue weighted by atomic mass is 16.2. The van der Waals surface area contributed by atoms with E-state index in [1.807, 2.05) is 18.2 Å². The van der Waals surface area contributed by atoms with Crippen LogP contribution in [0.5, 0.6) is 0 Å². The molecule has 1 saturated heterocycles. The number of nitrogens with zero attached hydrogens (tertiary/aromatic N) is 2. The average Bonchev–Trinajstić information content (AvgIpc) is 2.67. The molecule has 0 aliphatic carbocycles. The lowest BCUT2D eigenvalue weighted by molar-refractivity contribution is -0.114. The fourth-order valence-electron chi connectivity index (χ4n) is 3.18. The summed E-state index contributed by atoms with van der Waals surface area (Å²) in [6.45, 7) is 3.76. The van der Waals surface area contributed by atoms with Gasteiger partial charge in [-0.1, -0.05) is 6.07 Å². The molecule has 0 saturated carbocycles. The van der Waals surface area contributed by atoms with Gasteiger partial charge in [-0.15, -0.1) is 0 Å². The molecule has 1 aliphatic heterocycles. The van der Waals surface area contributed by atoms with Crippen molar-refractivity contribution in [2.45, 2.75) is 32.7 Å². The molecule has 1 aliphatic rings. The van der Waals surface area contributed by atoms with Gasteiger partial charge >= 0.3 is 0 Å². The van der Waals surface area contributed by atoms with E-state index in [0.717, 1.165) is 37.2 Å². The molecule has 1 aromatic carbocycles. The van der Waals surface area contributed by atoms with Gasteiger partial charge < -0.3 is 15.5 Å². The Morgan fingerprint density at radius 2 is 1.96 bits per heavy atom. The average molecular weight is 352 g/mol. The first-order chi connectivity index (χ1) is 12.6. The number of pyridine rings is 1. The molecular formula is C20H24N4O2. The molecule has 1 fully saturated rings. The molecule has 6 heteroatoms. The van der Waals surface area contributed by atoms with Crippen molar-refractivity contribution >= 4 is 23.2 Å². The van der Waals surface area contributed by atoms with Gasteiger partial charge in [-0.25, -0.2) is 0 Å². The maximum Gasteiger partial charge on any atom is 0.253 e. The number of hydrogen-bond acceptors (Lipinski definition) is 4. The molecule has 0 atom stereocenters. The van der Waals surface area contributed by atoms with Crippen LogP contribution in [0.3, 0.4) is 0 Å². The minimum atomic E-state index is -0.122. The normalized spacial score (nSPS) is 14.0. The predicted molar refractivity (Wildman–Crippen MR) is 102 cm³/mol. The summed E-state index contributed by atoms with van der Waals surface area (Å²) in [5, 5.41) is 5.76. The van der Waals surface area contributed by atoms with Gasteiger partial charge in [-0.2, -0.15) is 0 Å². The van der Waals surface area contributed by atoms with E-state index in [4.69, 9.17) is 0 Å². The monoisotopic (exact) mass is 352 g/mol. The molecule has 2 heterocycles. The zero-order valence-electron chi connectivity index (χ0n) is 15.0. The number of carbonyl (C=O) groups is 2. The number of piperidine rings is 1. The second kappa shape index (κ2) is 8.47. The van der Waals surface area contributed by atoms with E-state index in [-0.39, 0.29) is 11.8 Å². The van der Waals surface area contributed by atoms with E-state index in [2.05, 4.69) is 20.5 Å². The van der Waals surface area contributed by atoms with Crippen LogP contribution in [0.4, 0.5) is 11.4 Å². The summed E-state index contributed by atoms with van der Waals surface area (Å²) in [6.07, 6.45) is 6.89. The predicted octanol–water partition coefficient (Wildman–Crippen LogP) is 2.96. The van der Waals surface area contributed by atoms with Crippen LogP contribution in [0, 0.1) is 0 Å². The molecule has 1 aromatic heterocycles. The summed E-state index contributed by atoms with van der Waals surface area (Å²) in [5.41, 5.74) is 3.17. The minimum Gasteiger partial charge on any atom is -0.371 e. The van der Waals surface area contributed by atoms with Crippen LogP contribution >= 0.6 is 0 Å². The van der Waals surface area contributed by atoms with Gasteiger partial charge in [0.2, 0.25) is 5.91 Å². The number of benzene rings is 1. The molecule has 0 bridgehead atoms. The fraction of sp³-hybridized carbons (Fsp3) is 0.350. The Balaban J connectivity index is 1.81. The van der Waals surface area contributed by atoms with Crippen molar-refractivity contribution in [1.82, 2.24) is 10.3 Å². The SMILES string of the molecule is CC(=O)Nc1ccc(C(=O)NCc2cccnc2)c(N2CCCCC2)c1. The number of nitrogens with one attached hydrogen (secondary N) is 2. The van der Waals surface area contributed by atoms with Gasteiger partial charge in [0.1, 0.15) is 0 Å². The van der Waals surface area contributed by atoms with E-state index < -0.39 is 0 Å². The molecule has 3 rings (SSSR count). The number of anilines is 2. The van der Waals surface area contributed by atoms with E-state index >= 15 is 0 Å². The fourth-order valence-corrected chi connectivity index (χ4v) is 3.18. The zero-order valence-corrected chi connectivity index (χ0v) is 15.0. The standard InChI is InChI=1S/C20H24N4O2/c1-15(25)23-17-7-8-18(19(12-17)24-10-3-2-4-11-24)20(26)22-14-16-6-5-9-21-13-16/h5-9,12-13H,2-4,10-11,14H2,1H3,(H,22,26)(H,23,25). The van der Waals surface area contributed by atoms with Crippen molar-refractivity contribution in [3.8, 4) is 0 Å². The lowest BCUT2D eigenvalue weighted by Crippen LogP contribution is -2.32. The van der Waals surface area contributed by atoms with Gasteiger partial charge in [0, 0.05) is 44.6 Å². The molecule has 2 N–H and O–H groups in total. The van der Waals surface area contributed by atoms with Crippen molar-refractivity contribution in [1.29, 1.82) is 0 Å². The Hall–Kier alpha value is -2.89. The summed E-state index contributed by atoms with van der Waals surface area (Å²) in [5.74, 6) is -0.243. The highest BCUT2D eigenvalue weighted by Crippen LogP contribution is 2.28. The second-order valence-corrected chi connectivity index (χ2v) is 6.50. The second-order valence-electron chi connectivity index (χ2n) is 6.50. The molecule has 0 spiro atoms. The van der Waals surface area contributed by atoms with Crippen LogP contribution < -0.4 is 15.5 Å². The minimum absolute atomic E-state index is 0.121. The smallest absolute Gasteiger partial charge is 0.253 e. The summed E-state index contributed by atoms with van der Waals surface area (Å²) >= 11 is 0. The van der Waals surface area contributed by atoms with Crippen molar-refractivity contribution < 1.29 is 9.59 Å². The maximum absolute atomic E-state index is 12.8.